The Kier molecular flexibility index (Phi) is 7.46. The van der Waals surface area contributed by atoms with Crippen LogP contribution in [0.3, 0.4) is 0 Å². The first-order chi connectivity index (χ1) is 13.0. The molecule has 0 aliphatic carbocycles. The van der Waals surface area contributed by atoms with Gasteiger partial charge in [-0.25, -0.2) is 21.8 Å². The predicted molar refractivity (Wildman–Crippen MR) is 112 cm³/mol. The Hall–Kier alpha value is -1.65. The van der Waals surface area contributed by atoms with Gasteiger partial charge in [0, 0.05) is 25.7 Å². The van der Waals surface area contributed by atoms with Gasteiger partial charge in [-0.15, -0.1) is 0 Å². The summed E-state index contributed by atoms with van der Waals surface area (Å²) >= 11 is 0. The molecule has 1 fully saturated rings. The van der Waals surface area contributed by atoms with Crippen molar-refractivity contribution in [2.75, 3.05) is 25.1 Å². The van der Waals surface area contributed by atoms with Gasteiger partial charge in [-0.1, -0.05) is 12.1 Å². The molecule has 2 N–H and O–H groups in total. The van der Waals surface area contributed by atoms with E-state index in [0.717, 1.165) is 5.56 Å². The standard InChI is InChI=1S/C18H30N4O4S2/c1-5-19-18(21-16-10-11-27(23,24)13-16)20-12-15-6-8-17(9-7-15)28(25,26)22(4)14(2)3/h6-9,14,16H,5,10-13H2,1-4H3,(H2,19,20,21). The maximum Gasteiger partial charge on any atom is 0.243 e. The summed E-state index contributed by atoms with van der Waals surface area (Å²) in [6, 6.07) is 6.40. The van der Waals surface area contributed by atoms with Crippen molar-refractivity contribution in [2.24, 2.45) is 4.99 Å². The molecule has 8 nitrogen and oxygen atoms in total. The molecule has 1 aliphatic rings. The van der Waals surface area contributed by atoms with Crippen molar-refractivity contribution >= 4 is 25.8 Å². The number of nitrogens with zero attached hydrogens (tertiary/aromatic N) is 2. The Morgan fingerprint density at radius 2 is 1.93 bits per heavy atom. The Bertz CT molecular complexity index is 894. The number of hydrogen-bond acceptors (Lipinski definition) is 5. The second-order valence-corrected chi connectivity index (χ2v) is 11.4. The van der Waals surface area contributed by atoms with Crippen LogP contribution >= 0.6 is 0 Å². The van der Waals surface area contributed by atoms with Crippen molar-refractivity contribution in [3.63, 3.8) is 0 Å². The van der Waals surface area contributed by atoms with Gasteiger partial charge in [-0.2, -0.15) is 4.31 Å². The number of sulfonamides is 1. The van der Waals surface area contributed by atoms with Gasteiger partial charge >= 0.3 is 0 Å². The van der Waals surface area contributed by atoms with E-state index < -0.39 is 19.9 Å². The normalized spacial score (nSPS) is 19.9. The smallest absolute Gasteiger partial charge is 0.243 e. The molecule has 1 atom stereocenters. The second-order valence-electron chi connectivity index (χ2n) is 7.20. The Morgan fingerprint density at radius 1 is 1.29 bits per heavy atom. The van der Waals surface area contributed by atoms with Crippen LogP contribution in [0.1, 0.15) is 32.8 Å². The quantitative estimate of drug-likeness (QED) is 0.493. The molecule has 0 spiro atoms. The predicted octanol–water partition coefficient (Wildman–Crippen LogP) is 0.958. The number of hydrogen-bond donors (Lipinski definition) is 2. The highest BCUT2D eigenvalue weighted by atomic mass is 32.2. The van der Waals surface area contributed by atoms with E-state index in [1.807, 2.05) is 20.8 Å². The summed E-state index contributed by atoms with van der Waals surface area (Å²) in [5.41, 5.74) is 0.863. The lowest BCUT2D eigenvalue weighted by atomic mass is 10.2. The van der Waals surface area contributed by atoms with Crippen molar-refractivity contribution in [3.8, 4) is 0 Å². The van der Waals surface area contributed by atoms with Crippen LogP contribution in [-0.4, -0.2) is 64.3 Å². The van der Waals surface area contributed by atoms with E-state index in [9.17, 15) is 16.8 Å². The molecule has 0 radical (unpaired) electrons. The number of sulfone groups is 1. The van der Waals surface area contributed by atoms with E-state index in [4.69, 9.17) is 0 Å². The van der Waals surface area contributed by atoms with Crippen LogP contribution in [0, 0.1) is 0 Å². The largest absolute Gasteiger partial charge is 0.357 e. The molecule has 2 rings (SSSR count). The van der Waals surface area contributed by atoms with Gasteiger partial charge in [0.05, 0.1) is 22.9 Å². The first-order valence-electron chi connectivity index (χ1n) is 9.37. The fourth-order valence-electron chi connectivity index (χ4n) is 2.80. The highest BCUT2D eigenvalue weighted by molar-refractivity contribution is 7.91. The summed E-state index contributed by atoms with van der Waals surface area (Å²) in [5, 5.41) is 6.27. The van der Waals surface area contributed by atoms with Gasteiger partial charge in [-0.05, 0) is 44.9 Å². The number of benzene rings is 1. The summed E-state index contributed by atoms with van der Waals surface area (Å²) in [7, 11) is -4.90. The number of aliphatic imine (C=N–C) groups is 1. The fraction of sp³-hybridized carbons (Fsp3) is 0.611. The molecule has 1 unspecified atom stereocenters. The average molecular weight is 431 g/mol. The first kappa shape index (κ1) is 22.6. The second kappa shape index (κ2) is 9.23. The van der Waals surface area contributed by atoms with Gasteiger partial charge in [-0.3, -0.25) is 0 Å². The summed E-state index contributed by atoms with van der Waals surface area (Å²) in [4.78, 5) is 4.74. The molecule has 1 aliphatic heterocycles. The highest BCUT2D eigenvalue weighted by Gasteiger charge is 2.28. The summed E-state index contributed by atoms with van der Waals surface area (Å²) in [5.74, 6) is 0.874. The lowest BCUT2D eigenvalue weighted by Crippen LogP contribution is -2.44. The van der Waals surface area contributed by atoms with E-state index in [-0.39, 0.29) is 28.5 Å². The molecule has 0 bridgehead atoms. The van der Waals surface area contributed by atoms with Crippen LogP contribution < -0.4 is 10.6 Å². The average Bonchev–Trinajstić information content (AvgIpc) is 2.98. The lowest BCUT2D eigenvalue weighted by Gasteiger charge is -2.21. The minimum absolute atomic E-state index is 0.118. The Labute approximate surface area is 168 Å². The van der Waals surface area contributed by atoms with Crippen molar-refractivity contribution < 1.29 is 16.8 Å². The van der Waals surface area contributed by atoms with Crippen LogP contribution in [0.4, 0.5) is 0 Å². The van der Waals surface area contributed by atoms with Crippen molar-refractivity contribution in [2.45, 2.75) is 50.7 Å². The van der Waals surface area contributed by atoms with Crippen LogP contribution in [0.15, 0.2) is 34.2 Å². The third kappa shape index (κ3) is 5.92. The van der Waals surface area contributed by atoms with Crippen molar-refractivity contribution in [3.05, 3.63) is 29.8 Å². The van der Waals surface area contributed by atoms with E-state index in [1.54, 1.807) is 31.3 Å². The van der Waals surface area contributed by atoms with Crippen LogP contribution in [-0.2, 0) is 26.4 Å². The topological polar surface area (TPSA) is 108 Å². The van der Waals surface area contributed by atoms with Gasteiger partial charge in [0.2, 0.25) is 10.0 Å². The first-order valence-corrected chi connectivity index (χ1v) is 12.6. The van der Waals surface area contributed by atoms with Gasteiger partial charge in [0.15, 0.2) is 15.8 Å². The van der Waals surface area contributed by atoms with E-state index in [0.29, 0.717) is 25.5 Å². The molecule has 28 heavy (non-hydrogen) atoms. The third-order valence-corrected chi connectivity index (χ3v) is 8.48. The van der Waals surface area contributed by atoms with Crippen LogP contribution in [0.2, 0.25) is 0 Å². The van der Waals surface area contributed by atoms with Gasteiger partial charge in [0.25, 0.3) is 0 Å². The maximum absolute atomic E-state index is 12.5. The molecule has 0 amide bonds. The van der Waals surface area contributed by atoms with Crippen LogP contribution in [0.5, 0.6) is 0 Å². The van der Waals surface area contributed by atoms with E-state index >= 15 is 0 Å². The molecule has 1 aromatic carbocycles. The molecule has 1 heterocycles. The number of rotatable bonds is 7. The minimum atomic E-state index is -3.51. The van der Waals surface area contributed by atoms with Crippen molar-refractivity contribution in [1.29, 1.82) is 0 Å². The van der Waals surface area contributed by atoms with E-state index in [1.165, 1.54) is 4.31 Å². The Balaban J connectivity index is 2.06. The number of nitrogens with one attached hydrogen (secondary N) is 2. The monoisotopic (exact) mass is 430 g/mol. The number of guanidine groups is 1. The molecular weight excluding hydrogens is 400 g/mol. The molecule has 0 aromatic heterocycles. The fourth-order valence-corrected chi connectivity index (χ4v) is 5.84. The molecule has 1 saturated heterocycles. The van der Waals surface area contributed by atoms with Crippen LogP contribution in [0.25, 0.3) is 0 Å². The SMILES string of the molecule is CCNC(=NCc1ccc(S(=O)(=O)N(C)C(C)C)cc1)NC1CCS(=O)(=O)C1. The molecule has 0 saturated carbocycles. The van der Waals surface area contributed by atoms with Crippen molar-refractivity contribution in [1.82, 2.24) is 14.9 Å². The summed E-state index contributed by atoms with van der Waals surface area (Å²) in [6.45, 7) is 6.60. The third-order valence-electron chi connectivity index (χ3n) is 4.66. The molecular formula is C18H30N4O4S2. The lowest BCUT2D eigenvalue weighted by molar-refractivity contribution is 0.410. The zero-order valence-corrected chi connectivity index (χ0v) is 18.5. The molecule has 158 valence electrons. The van der Waals surface area contributed by atoms with E-state index in [2.05, 4.69) is 15.6 Å². The summed E-state index contributed by atoms with van der Waals surface area (Å²) < 4.78 is 49.6. The minimum Gasteiger partial charge on any atom is -0.357 e. The Morgan fingerprint density at radius 3 is 2.43 bits per heavy atom. The maximum atomic E-state index is 12.5. The molecule has 10 heteroatoms. The molecule has 1 aromatic rings. The highest BCUT2D eigenvalue weighted by Crippen LogP contribution is 2.17. The van der Waals surface area contributed by atoms with Gasteiger partial charge < -0.3 is 10.6 Å². The van der Waals surface area contributed by atoms with Gasteiger partial charge in [0.1, 0.15) is 0 Å². The summed E-state index contributed by atoms with van der Waals surface area (Å²) in [6.07, 6.45) is 0.572. The zero-order chi connectivity index (χ0) is 20.9. The zero-order valence-electron chi connectivity index (χ0n) is 16.8.